The first kappa shape index (κ1) is 18.2. The van der Waals surface area contributed by atoms with E-state index in [0.29, 0.717) is 11.8 Å². The lowest BCUT2D eigenvalue weighted by Crippen LogP contribution is -1.99. The summed E-state index contributed by atoms with van der Waals surface area (Å²) in [4.78, 5) is 4.97. The van der Waals surface area contributed by atoms with Gasteiger partial charge in [-0.25, -0.2) is 0 Å². The van der Waals surface area contributed by atoms with Gasteiger partial charge < -0.3 is 0 Å². The lowest BCUT2D eigenvalue weighted by molar-refractivity contribution is 0.834. The molecule has 0 aliphatic carbocycles. The van der Waals surface area contributed by atoms with Gasteiger partial charge in [-0.2, -0.15) is 0 Å². The van der Waals surface area contributed by atoms with Gasteiger partial charge in [0, 0.05) is 5.71 Å². The predicted molar refractivity (Wildman–Crippen MR) is 100 cm³/mol. The molecule has 0 N–H and O–H groups in total. The smallest absolute Gasteiger partial charge is 0.0702 e. The van der Waals surface area contributed by atoms with Crippen LogP contribution in [0.25, 0.3) is 0 Å². The second-order valence-electron chi connectivity index (χ2n) is 6.26. The fourth-order valence-corrected chi connectivity index (χ4v) is 2.30. The summed E-state index contributed by atoms with van der Waals surface area (Å²) in [5.41, 5.74) is 6.01. The number of allylic oxidation sites excluding steroid dienone is 5. The van der Waals surface area contributed by atoms with Gasteiger partial charge in [-0.05, 0) is 42.4 Å². The molecule has 22 heavy (non-hydrogen) atoms. The molecule has 0 atom stereocenters. The Morgan fingerprint density at radius 1 is 1.00 bits per heavy atom. The van der Waals surface area contributed by atoms with Gasteiger partial charge >= 0.3 is 0 Å². The molecular weight excluding hydrogens is 266 g/mol. The van der Waals surface area contributed by atoms with Crippen molar-refractivity contribution in [1.29, 1.82) is 0 Å². The van der Waals surface area contributed by atoms with E-state index in [1.807, 2.05) is 12.2 Å². The monoisotopic (exact) mass is 295 g/mol. The van der Waals surface area contributed by atoms with Gasteiger partial charge in [-0.15, -0.1) is 0 Å². The minimum Gasteiger partial charge on any atom is -0.253 e. The summed E-state index contributed by atoms with van der Waals surface area (Å²) >= 11 is 0. The van der Waals surface area contributed by atoms with Gasteiger partial charge in [0.2, 0.25) is 0 Å². The molecule has 118 valence electrons. The van der Waals surface area contributed by atoms with Gasteiger partial charge in [0.05, 0.1) is 5.69 Å². The Morgan fingerprint density at radius 2 is 1.55 bits per heavy atom. The first-order chi connectivity index (χ1) is 10.4. The van der Waals surface area contributed by atoms with Crippen LogP contribution in [0.2, 0.25) is 0 Å². The zero-order chi connectivity index (χ0) is 16.7. The average molecular weight is 295 g/mol. The summed E-state index contributed by atoms with van der Waals surface area (Å²) in [6, 6.07) is 6.53. The standard InChI is InChI=1S/C21H29N/c1-8-9-10-12-17(6)18(7)22-21-19(15(2)3)13-11-14-20(21)16(4)5/h8-16H,1H2,2-7H3/b10-9-,17-12+,22-18?. The highest BCUT2D eigenvalue weighted by molar-refractivity contribution is 5.99. The average Bonchev–Trinajstić information content (AvgIpc) is 2.46. The Bertz CT molecular complexity index is 572. The molecule has 0 aliphatic rings. The van der Waals surface area contributed by atoms with Crippen molar-refractivity contribution < 1.29 is 0 Å². The molecule has 0 amide bonds. The molecule has 1 rings (SSSR count). The Morgan fingerprint density at radius 3 is 2.00 bits per heavy atom. The van der Waals surface area contributed by atoms with Gasteiger partial charge in [-0.3, -0.25) is 4.99 Å². The first-order valence-corrected chi connectivity index (χ1v) is 8.02. The number of hydrogen-bond donors (Lipinski definition) is 0. The third-order valence-electron chi connectivity index (χ3n) is 3.79. The summed E-state index contributed by atoms with van der Waals surface area (Å²) in [6.45, 7) is 16.8. The molecule has 1 heteroatoms. The van der Waals surface area contributed by atoms with E-state index in [1.54, 1.807) is 6.08 Å². The molecule has 0 aromatic heterocycles. The molecule has 0 fully saturated rings. The van der Waals surface area contributed by atoms with Crippen LogP contribution in [-0.4, -0.2) is 5.71 Å². The maximum Gasteiger partial charge on any atom is 0.0702 e. The second kappa shape index (κ2) is 8.53. The largest absolute Gasteiger partial charge is 0.253 e. The second-order valence-corrected chi connectivity index (χ2v) is 6.26. The number of rotatable bonds is 6. The highest BCUT2D eigenvalue weighted by atomic mass is 14.8. The minimum atomic E-state index is 0.468. The summed E-state index contributed by atoms with van der Waals surface area (Å²) in [5.74, 6) is 0.936. The Balaban J connectivity index is 3.35. The first-order valence-electron chi connectivity index (χ1n) is 8.02. The van der Waals surface area contributed by atoms with Crippen LogP contribution < -0.4 is 0 Å². The maximum absolute atomic E-state index is 4.97. The SMILES string of the molecule is C=C/C=C\C=C(/C)C(C)=Nc1c(C(C)C)cccc1C(C)C. The number of para-hydroxylation sites is 1. The Labute approximate surface area is 136 Å². The zero-order valence-corrected chi connectivity index (χ0v) is 14.9. The maximum atomic E-state index is 4.97. The highest BCUT2D eigenvalue weighted by Gasteiger charge is 2.13. The molecule has 0 heterocycles. The van der Waals surface area contributed by atoms with Crippen molar-refractivity contribution in [2.24, 2.45) is 4.99 Å². The van der Waals surface area contributed by atoms with E-state index in [4.69, 9.17) is 4.99 Å². The van der Waals surface area contributed by atoms with Crippen molar-refractivity contribution >= 4 is 11.4 Å². The minimum absolute atomic E-state index is 0.468. The van der Waals surface area contributed by atoms with Crippen LogP contribution in [0.15, 0.2) is 59.6 Å². The third kappa shape index (κ3) is 4.84. The van der Waals surface area contributed by atoms with Gasteiger partial charge in [0.25, 0.3) is 0 Å². The molecule has 0 aliphatic heterocycles. The molecule has 0 saturated heterocycles. The van der Waals surface area contributed by atoms with Gasteiger partial charge in [0.15, 0.2) is 0 Å². The highest BCUT2D eigenvalue weighted by Crippen LogP contribution is 2.35. The number of aliphatic imine (C=N–C) groups is 1. The lowest BCUT2D eigenvalue weighted by atomic mass is 9.93. The van der Waals surface area contributed by atoms with Gasteiger partial charge in [0.1, 0.15) is 0 Å². The van der Waals surface area contributed by atoms with Crippen LogP contribution in [0, 0.1) is 0 Å². The van der Waals surface area contributed by atoms with Crippen LogP contribution in [0.1, 0.15) is 64.5 Å². The summed E-state index contributed by atoms with van der Waals surface area (Å²) in [7, 11) is 0. The van der Waals surface area contributed by atoms with E-state index in [0.717, 1.165) is 11.4 Å². The molecule has 1 nitrogen and oxygen atoms in total. The quantitative estimate of drug-likeness (QED) is 0.408. The van der Waals surface area contributed by atoms with E-state index in [9.17, 15) is 0 Å². The number of benzene rings is 1. The fourth-order valence-electron chi connectivity index (χ4n) is 2.30. The van der Waals surface area contributed by atoms with E-state index in [1.165, 1.54) is 16.7 Å². The van der Waals surface area contributed by atoms with Crippen molar-refractivity contribution in [3.63, 3.8) is 0 Å². The molecule has 0 spiro atoms. The van der Waals surface area contributed by atoms with Crippen LogP contribution in [-0.2, 0) is 0 Å². The fraction of sp³-hybridized carbons (Fsp3) is 0.381. The van der Waals surface area contributed by atoms with Crippen LogP contribution in [0.3, 0.4) is 0 Å². The predicted octanol–water partition coefficient (Wildman–Crippen LogP) is 6.71. The van der Waals surface area contributed by atoms with E-state index < -0.39 is 0 Å². The van der Waals surface area contributed by atoms with E-state index in [2.05, 4.69) is 72.4 Å². The number of nitrogens with zero attached hydrogens (tertiary/aromatic N) is 1. The van der Waals surface area contributed by atoms with Crippen molar-refractivity contribution in [2.45, 2.75) is 53.4 Å². The van der Waals surface area contributed by atoms with Crippen LogP contribution in [0.5, 0.6) is 0 Å². The molecule has 1 aromatic carbocycles. The molecular formula is C21H29N. The van der Waals surface area contributed by atoms with Gasteiger partial charge in [-0.1, -0.05) is 76.8 Å². The molecule has 0 radical (unpaired) electrons. The molecule has 0 unspecified atom stereocenters. The van der Waals surface area contributed by atoms with Crippen molar-refractivity contribution in [1.82, 2.24) is 0 Å². The summed E-state index contributed by atoms with van der Waals surface area (Å²) < 4.78 is 0. The van der Waals surface area contributed by atoms with E-state index in [-0.39, 0.29) is 0 Å². The van der Waals surface area contributed by atoms with Crippen molar-refractivity contribution in [2.75, 3.05) is 0 Å². The zero-order valence-electron chi connectivity index (χ0n) is 14.9. The third-order valence-corrected chi connectivity index (χ3v) is 3.79. The lowest BCUT2D eigenvalue weighted by Gasteiger charge is -2.17. The summed E-state index contributed by atoms with van der Waals surface area (Å²) in [5, 5.41) is 0. The molecule has 1 aromatic rings. The topological polar surface area (TPSA) is 12.4 Å². The Hall–Kier alpha value is -1.89. The van der Waals surface area contributed by atoms with Crippen LogP contribution in [0.4, 0.5) is 5.69 Å². The van der Waals surface area contributed by atoms with Crippen molar-refractivity contribution in [3.8, 4) is 0 Å². The molecule has 0 saturated carbocycles. The normalized spacial score (nSPS) is 13.5. The summed E-state index contributed by atoms with van der Waals surface area (Å²) in [6.07, 6.45) is 7.78. The van der Waals surface area contributed by atoms with E-state index >= 15 is 0 Å². The van der Waals surface area contributed by atoms with Crippen molar-refractivity contribution in [3.05, 3.63) is 65.8 Å². The molecule has 0 bridgehead atoms. The Kier molecular flexibility index (Phi) is 7.04. The van der Waals surface area contributed by atoms with Crippen LogP contribution >= 0.6 is 0 Å². The number of hydrogen-bond acceptors (Lipinski definition) is 1.